The fraction of sp³-hybridized carbons (Fsp3) is 0.293. The number of piperidine rings is 1. The van der Waals surface area contributed by atoms with E-state index in [1.807, 2.05) is 29.1 Å². The molecule has 2 N–H and O–H groups in total. The molecule has 0 bridgehead atoms. The Bertz CT molecular complexity index is 2530. The second kappa shape index (κ2) is 11.6. The van der Waals surface area contributed by atoms with Gasteiger partial charge in [-0.05, 0) is 72.0 Å². The molecule has 12 heteroatoms. The molecule has 2 saturated heterocycles. The van der Waals surface area contributed by atoms with Gasteiger partial charge in [0, 0.05) is 77.0 Å². The molecule has 2 aromatic heterocycles. The Hall–Kier alpha value is -6.35. The van der Waals surface area contributed by atoms with E-state index in [1.54, 1.807) is 24.3 Å². The van der Waals surface area contributed by atoms with Gasteiger partial charge in [0.25, 0.3) is 11.8 Å². The molecular formula is C41H35N7O5. The van der Waals surface area contributed by atoms with Gasteiger partial charge in [0.1, 0.15) is 6.04 Å². The first kappa shape index (κ1) is 32.6. The SMILES string of the molecule is CCc1cc2c(cc1-c1cnn(CC3CN(c4ccc5c(c4)C(=O)N(C4CCC(=O)NC4=O)C5=O)C3)c1)C(C)(C)c1[nH]c3cc(C#N)ccc3c1C2=O. The minimum Gasteiger partial charge on any atom is -0.371 e. The van der Waals surface area contributed by atoms with Crippen LogP contribution in [0.2, 0.25) is 0 Å². The molecule has 53 heavy (non-hydrogen) atoms. The van der Waals surface area contributed by atoms with Crippen molar-refractivity contribution in [2.45, 2.75) is 58.0 Å². The molecule has 0 radical (unpaired) electrons. The molecule has 2 fully saturated rings. The number of hydrogen-bond acceptors (Lipinski definition) is 8. The van der Waals surface area contributed by atoms with Gasteiger partial charge in [-0.3, -0.25) is 38.9 Å². The molecular weight excluding hydrogens is 670 g/mol. The number of aryl methyl sites for hydroxylation is 1. The quantitative estimate of drug-likeness (QED) is 0.237. The highest BCUT2D eigenvalue weighted by molar-refractivity contribution is 6.24. The van der Waals surface area contributed by atoms with Gasteiger partial charge in [-0.25, -0.2) is 0 Å². The van der Waals surface area contributed by atoms with Crippen molar-refractivity contribution < 1.29 is 24.0 Å². The number of carbonyl (C=O) groups excluding carboxylic acids is 5. The van der Waals surface area contributed by atoms with E-state index in [-0.39, 0.29) is 29.8 Å². The van der Waals surface area contributed by atoms with Gasteiger partial charge < -0.3 is 9.88 Å². The number of fused-ring (bicyclic) bond motifs is 5. The monoisotopic (exact) mass is 705 g/mol. The molecule has 0 saturated carbocycles. The smallest absolute Gasteiger partial charge is 0.262 e. The molecule has 1 unspecified atom stereocenters. The van der Waals surface area contributed by atoms with E-state index in [1.165, 1.54) is 0 Å². The molecule has 5 aromatic rings. The van der Waals surface area contributed by atoms with Crippen LogP contribution in [0.3, 0.4) is 0 Å². The van der Waals surface area contributed by atoms with Crippen LogP contribution in [0, 0.1) is 17.2 Å². The van der Waals surface area contributed by atoms with Crippen molar-refractivity contribution in [1.82, 2.24) is 25.0 Å². The number of nitrogens with zero attached hydrogens (tertiary/aromatic N) is 5. The lowest BCUT2D eigenvalue weighted by Crippen LogP contribution is -2.54. The minimum absolute atomic E-state index is 0.0113. The van der Waals surface area contributed by atoms with Crippen molar-refractivity contribution in [1.29, 1.82) is 5.26 Å². The third-order valence-electron chi connectivity index (χ3n) is 11.5. The van der Waals surface area contributed by atoms with Crippen LogP contribution in [0.25, 0.3) is 22.0 Å². The van der Waals surface area contributed by atoms with Crippen LogP contribution >= 0.6 is 0 Å². The Morgan fingerprint density at radius 1 is 0.943 bits per heavy atom. The number of hydrogen-bond donors (Lipinski definition) is 2. The number of aromatic nitrogens is 3. The highest BCUT2D eigenvalue weighted by atomic mass is 16.2. The van der Waals surface area contributed by atoms with Crippen molar-refractivity contribution in [3.05, 3.63) is 106 Å². The van der Waals surface area contributed by atoms with Crippen molar-refractivity contribution >= 4 is 46.0 Å². The number of carbonyl (C=O) groups is 5. The van der Waals surface area contributed by atoms with Crippen LogP contribution in [0.15, 0.2) is 60.9 Å². The normalized spacial score (nSPS) is 19.2. The average Bonchev–Trinajstić information content (AvgIpc) is 3.83. The van der Waals surface area contributed by atoms with E-state index in [4.69, 9.17) is 5.10 Å². The highest BCUT2D eigenvalue weighted by Crippen LogP contribution is 2.46. The van der Waals surface area contributed by atoms with Gasteiger partial charge in [0.15, 0.2) is 5.78 Å². The van der Waals surface area contributed by atoms with Crippen LogP contribution in [0.1, 0.15) is 92.6 Å². The summed E-state index contributed by atoms with van der Waals surface area (Å²) in [4.78, 5) is 71.1. The molecule has 12 nitrogen and oxygen atoms in total. The van der Waals surface area contributed by atoms with Gasteiger partial charge in [0.05, 0.1) is 34.5 Å². The number of H-pyrrole nitrogens is 1. The summed E-state index contributed by atoms with van der Waals surface area (Å²) in [6, 6.07) is 16.0. The fourth-order valence-corrected chi connectivity index (χ4v) is 8.57. The molecule has 4 amide bonds. The molecule has 1 atom stereocenters. The predicted octanol–water partition coefficient (Wildman–Crippen LogP) is 4.87. The largest absolute Gasteiger partial charge is 0.371 e. The van der Waals surface area contributed by atoms with E-state index in [0.717, 1.165) is 68.9 Å². The Labute approximate surface area is 304 Å². The zero-order chi connectivity index (χ0) is 36.9. The van der Waals surface area contributed by atoms with Crippen LogP contribution in [0.5, 0.6) is 0 Å². The molecule has 264 valence electrons. The molecule has 3 aliphatic heterocycles. The summed E-state index contributed by atoms with van der Waals surface area (Å²) in [6.07, 6.45) is 4.87. The Morgan fingerprint density at radius 2 is 1.74 bits per heavy atom. The summed E-state index contributed by atoms with van der Waals surface area (Å²) < 4.78 is 1.96. The summed E-state index contributed by atoms with van der Waals surface area (Å²) >= 11 is 0. The Morgan fingerprint density at radius 3 is 2.49 bits per heavy atom. The summed E-state index contributed by atoms with van der Waals surface area (Å²) in [5, 5.41) is 17.2. The van der Waals surface area contributed by atoms with E-state index >= 15 is 0 Å². The lowest BCUT2D eigenvalue weighted by Gasteiger charge is -2.41. The van der Waals surface area contributed by atoms with Crippen LogP contribution in [-0.2, 0) is 28.0 Å². The van der Waals surface area contributed by atoms with Crippen molar-refractivity contribution in [3.63, 3.8) is 0 Å². The number of nitriles is 1. The Balaban J connectivity index is 0.918. The maximum absolute atomic E-state index is 14.1. The number of anilines is 1. The maximum Gasteiger partial charge on any atom is 0.262 e. The topological polar surface area (TPSA) is 161 Å². The number of benzene rings is 3. The zero-order valence-corrected chi connectivity index (χ0v) is 29.4. The number of imide groups is 2. The molecule has 9 rings (SSSR count). The van der Waals surface area contributed by atoms with E-state index in [9.17, 15) is 29.2 Å². The Kier molecular flexibility index (Phi) is 7.11. The van der Waals surface area contributed by atoms with Gasteiger partial charge >= 0.3 is 0 Å². The number of rotatable bonds is 6. The average molecular weight is 706 g/mol. The number of ketones is 1. The van der Waals surface area contributed by atoms with Gasteiger partial charge in [-0.15, -0.1) is 0 Å². The standard InChI is InChI=1S/C41H35N7O5/c1-4-23-12-30-31(41(2,3)37-35(36(30)50)27-7-5-21(15-42)11-32(27)44-37)14-28(23)24-16-43-47(20-24)19-22-17-46(18-22)25-6-8-26-29(13-25)40(53)48(39(26)52)33-9-10-34(49)45-38(33)51/h5-8,11-14,16,20,22,33,44H,4,9-10,17-19H2,1-3H3,(H,45,49,51). The van der Waals surface area contributed by atoms with Crippen molar-refractivity contribution in [3.8, 4) is 17.2 Å². The first-order valence-corrected chi connectivity index (χ1v) is 17.9. The van der Waals surface area contributed by atoms with E-state index in [2.05, 4.69) is 54.3 Å². The second-order valence-corrected chi connectivity index (χ2v) is 15.0. The molecule has 5 heterocycles. The lowest BCUT2D eigenvalue weighted by molar-refractivity contribution is -0.136. The molecule has 3 aromatic carbocycles. The first-order chi connectivity index (χ1) is 25.5. The third kappa shape index (κ3) is 4.87. The van der Waals surface area contributed by atoms with E-state index in [0.29, 0.717) is 29.2 Å². The van der Waals surface area contributed by atoms with Crippen molar-refractivity contribution in [2.24, 2.45) is 5.92 Å². The third-order valence-corrected chi connectivity index (χ3v) is 11.5. The molecule has 0 spiro atoms. The number of nitrogens with one attached hydrogen (secondary N) is 2. The van der Waals surface area contributed by atoms with Crippen LogP contribution in [-0.4, -0.2) is 68.2 Å². The van der Waals surface area contributed by atoms with Gasteiger partial charge in [0.2, 0.25) is 11.8 Å². The lowest BCUT2D eigenvalue weighted by atomic mass is 9.70. The first-order valence-electron chi connectivity index (χ1n) is 17.9. The number of aromatic amines is 1. The van der Waals surface area contributed by atoms with Gasteiger partial charge in [-0.2, -0.15) is 10.4 Å². The van der Waals surface area contributed by atoms with Crippen molar-refractivity contribution in [2.75, 3.05) is 18.0 Å². The van der Waals surface area contributed by atoms with E-state index < -0.39 is 35.1 Å². The summed E-state index contributed by atoms with van der Waals surface area (Å²) in [5.41, 5.74) is 8.47. The van der Waals surface area contributed by atoms with Gasteiger partial charge in [-0.1, -0.05) is 26.8 Å². The minimum atomic E-state index is -0.994. The molecule has 1 aliphatic carbocycles. The summed E-state index contributed by atoms with van der Waals surface area (Å²) in [7, 11) is 0. The maximum atomic E-state index is 14.1. The predicted molar refractivity (Wildman–Crippen MR) is 194 cm³/mol. The highest BCUT2D eigenvalue weighted by Gasteiger charge is 2.45. The fourth-order valence-electron chi connectivity index (χ4n) is 8.57. The van der Waals surface area contributed by atoms with Crippen LogP contribution in [0.4, 0.5) is 5.69 Å². The number of amides is 4. The zero-order valence-electron chi connectivity index (χ0n) is 29.4. The summed E-state index contributed by atoms with van der Waals surface area (Å²) in [5.74, 6) is -1.76. The summed E-state index contributed by atoms with van der Waals surface area (Å²) in [6.45, 7) is 8.52. The second-order valence-electron chi connectivity index (χ2n) is 15.0. The molecule has 4 aliphatic rings. The van der Waals surface area contributed by atoms with Crippen LogP contribution < -0.4 is 10.2 Å².